The number of aryl methyl sites for hydroxylation is 1. The van der Waals surface area contributed by atoms with Gasteiger partial charge >= 0.3 is 6.03 Å². The molecule has 4 aromatic rings. The second kappa shape index (κ2) is 8.82. The Labute approximate surface area is 208 Å². The monoisotopic (exact) mass is 476 g/mol. The van der Waals surface area contributed by atoms with E-state index >= 15 is 0 Å². The molecule has 7 heteroatoms. The van der Waals surface area contributed by atoms with E-state index in [1.54, 1.807) is 31.2 Å². The quantitative estimate of drug-likeness (QED) is 0.318. The molecular formula is C29H24N4O3. The van der Waals surface area contributed by atoms with Gasteiger partial charge in [0.15, 0.2) is 5.78 Å². The molecule has 1 aromatic heterocycles. The SMILES string of the molecule is CCn1c(-c2ccccc2)c(C(=O)CN2C(=O)NC(C)(c3ccc(C#N)cc3)C2=O)c2ccccc21. The van der Waals surface area contributed by atoms with E-state index in [1.807, 2.05) is 67.6 Å². The highest BCUT2D eigenvalue weighted by Gasteiger charge is 2.49. The molecule has 0 spiro atoms. The topological polar surface area (TPSA) is 95.2 Å². The molecule has 1 saturated heterocycles. The van der Waals surface area contributed by atoms with Gasteiger partial charge in [-0.3, -0.25) is 14.5 Å². The van der Waals surface area contributed by atoms with Gasteiger partial charge in [-0.15, -0.1) is 0 Å². The van der Waals surface area contributed by atoms with Crippen molar-refractivity contribution in [2.45, 2.75) is 25.9 Å². The van der Waals surface area contributed by atoms with Crippen LogP contribution in [0.5, 0.6) is 0 Å². The first-order valence-electron chi connectivity index (χ1n) is 11.7. The average Bonchev–Trinajstić information content (AvgIpc) is 3.36. The normalized spacial score (nSPS) is 17.3. The Balaban J connectivity index is 1.55. The molecule has 5 rings (SSSR count). The molecule has 7 nitrogen and oxygen atoms in total. The molecule has 1 fully saturated rings. The van der Waals surface area contributed by atoms with Crippen LogP contribution in [0.1, 0.15) is 35.3 Å². The zero-order valence-corrected chi connectivity index (χ0v) is 20.0. The van der Waals surface area contributed by atoms with Crippen molar-refractivity contribution in [3.63, 3.8) is 0 Å². The minimum Gasteiger partial charge on any atom is -0.340 e. The number of nitriles is 1. The summed E-state index contributed by atoms with van der Waals surface area (Å²) in [5.41, 5.74) is 2.73. The summed E-state index contributed by atoms with van der Waals surface area (Å²) in [6.45, 7) is 3.90. The van der Waals surface area contributed by atoms with E-state index in [1.165, 1.54) is 0 Å². The number of imide groups is 1. The van der Waals surface area contributed by atoms with Crippen LogP contribution in [0, 0.1) is 11.3 Å². The molecular weight excluding hydrogens is 452 g/mol. The van der Waals surface area contributed by atoms with Crippen LogP contribution in [0.4, 0.5) is 4.79 Å². The second-order valence-electron chi connectivity index (χ2n) is 8.91. The highest BCUT2D eigenvalue weighted by molar-refractivity contribution is 6.17. The van der Waals surface area contributed by atoms with Crippen LogP contribution in [0.3, 0.4) is 0 Å². The van der Waals surface area contributed by atoms with Crippen molar-refractivity contribution >= 4 is 28.6 Å². The van der Waals surface area contributed by atoms with Gasteiger partial charge in [0.2, 0.25) is 0 Å². The van der Waals surface area contributed by atoms with Crippen molar-refractivity contribution in [3.05, 3.63) is 95.6 Å². The molecule has 3 amide bonds. The average molecular weight is 477 g/mol. The first-order chi connectivity index (χ1) is 17.4. The number of rotatable bonds is 6. The summed E-state index contributed by atoms with van der Waals surface area (Å²) >= 11 is 0. The van der Waals surface area contributed by atoms with E-state index in [9.17, 15) is 14.4 Å². The van der Waals surface area contributed by atoms with Gasteiger partial charge in [-0.05, 0) is 43.2 Å². The summed E-state index contributed by atoms with van der Waals surface area (Å²) in [6.07, 6.45) is 0. The maximum atomic E-state index is 13.8. The number of Topliss-reactive ketones (excluding diaryl/α,β-unsaturated/α-hetero) is 1. The van der Waals surface area contributed by atoms with Crippen molar-refractivity contribution in [2.24, 2.45) is 0 Å². The Hall–Kier alpha value is -4.70. The number of fused-ring (bicyclic) bond motifs is 1. The smallest absolute Gasteiger partial charge is 0.325 e. The van der Waals surface area contributed by atoms with Gasteiger partial charge < -0.3 is 9.88 Å². The number of nitrogens with zero attached hydrogens (tertiary/aromatic N) is 3. The van der Waals surface area contributed by atoms with Crippen molar-refractivity contribution in [1.82, 2.24) is 14.8 Å². The van der Waals surface area contributed by atoms with Crippen molar-refractivity contribution in [1.29, 1.82) is 5.26 Å². The first-order valence-corrected chi connectivity index (χ1v) is 11.7. The number of benzene rings is 3. The lowest BCUT2D eigenvalue weighted by atomic mass is 9.91. The number of urea groups is 1. The number of aromatic nitrogens is 1. The highest BCUT2D eigenvalue weighted by Crippen LogP contribution is 2.35. The number of hydrogen-bond donors (Lipinski definition) is 1. The summed E-state index contributed by atoms with van der Waals surface area (Å²) in [6, 6.07) is 25.2. The van der Waals surface area contributed by atoms with Gasteiger partial charge in [0.25, 0.3) is 5.91 Å². The van der Waals surface area contributed by atoms with E-state index in [0.717, 1.165) is 27.1 Å². The van der Waals surface area contributed by atoms with Crippen LogP contribution < -0.4 is 5.32 Å². The largest absolute Gasteiger partial charge is 0.340 e. The van der Waals surface area contributed by atoms with Crippen LogP contribution in [0.15, 0.2) is 78.9 Å². The summed E-state index contributed by atoms with van der Waals surface area (Å²) < 4.78 is 2.09. The van der Waals surface area contributed by atoms with Crippen LogP contribution in [0.2, 0.25) is 0 Å². The molecule has 36 heavy (non-hydrogen) atoms. The molecule has 0 bridgehead atoms. The standard InChI is InChI=1S/C29H24N4O3/c1-3-32-23-12-8-7-11-22(23)25(26(32)20-9-5-4-6-10-20)24(34)18-33-27(35)29(2,31-28(33)36)21-15-13-19(17-30)14-16-21/h4-16H,3,18H2,1-2H3,(H,31,36). The van der Waals surface area contributed by atoms with E-state index in [-0.39, 0.29) is 12.3 Å². The first kappa shape index (κ1) is 23.1. The van der Waals surface area contributed by atoms with Crippen molar-refractivity contribution in [3.8, 4) is 17.3 Å². The molecule has 1 aliphatic rings. The Morgan fingerprint density at radius 3 is 2.31 bits per heavy atom. The minimum absolute atomic E-state index is 0.315. The Bertz CT molecular complexity index is 1550. The van der Waals surface area contributed by atoms with Crippen LogP contribution in [-0.4, -0.2) is 33.7 Å². The number of carbonyl (C=O) groups excluding carboxylic acids is 3. The van der Waals surface area contributed by atoms with Gasteiger partial charge in [-0.1, -0.05) is 60.7 Å². The number of carbonyl (C=O) groups is 3. The van der Waals surface area contributed by atoms with Gasteiger partial charge in [0, 0.05) is 17.4 Å². The maximum absolute atomic E-state index is 13.8. The Morgan fingerprint density at radius 2 is 1.64 bits per heavy atom. The second-order valence-corrected chi connectivity index (χ2v) is 8.91. The maximum Gasteiger partial charge on any atom is 0.325 e. The molecule has 1 atom stereocenters. The van der Waals surface area contributed by atoms with Crippen LogP contribution in [-0.2, 0) is 16.9 Å². The number of ketones is 1. The van der Waals surface area contributed by atoms with Gasteiger partial charge in [-0.2, -0.15) is 5.26 Å². The molecule has 0 saturated carbocycles. The third-order valence-electron chi connectivity index (χ3n) is 6.78. The predicted octanol–water partition coefficient (Wildman–Crippen LogP) is 4.85. The van der Waals surface area contributed by atoms with Gasteiger partial charge in [0.1, 0.15) is 5.54 Å². The molecule has 1 unspecified atom stereocenters. The lowest BCUT2D eigenvalue weighted by Gasteiger charge is -2.22. The summed E-state index contributed by atoms with van der Waals surface area (Å²) in [5, 5.41) is 12.6. The van der Waals surface area contributed by atoms with Crippen molar-refractivity contribution in [2.75, 3.05) is 6.54 Å². The lowest BCUT2D eigenvalue weighted by molar-refractivity contribution is -0.130. The third-order valence-corrected chi connectivity index (χ3v) is 6.78. The Kier molecular flexibility index (Phi) is 5.65. The van der Waals surface area contributed by atoms with Crippen molar-refractivity contribution < 1.29 is 14.4 Å². The zero-order valence-electron chi connectivity index (χ0n) is 20.0. The fourth-order valence-electron chi connectivity index (χ4n) is 4.95. The molecule has 3 aromatic carbocycles. The number of amides is 3. The van der Waals surface area contributed by atoms with Gasteiger partial charge in [0.05, 0.1) is 29.4 Å². The molecule has 1 aliphatic heterocycles. The van der Waals surface area contributed by atoms with Crippen LogP contribution in [0.25, 0.3) is 22.2 Å². The number of para-hydroxylation sites is 1. The molecule has 178 valence electrons. The van der Waals surface area contributed by atoms with E-state index in [0.29, 0.717) is 23.2 Å². The minimum atomic E-state index is -1.33. The fraction of sp³-hybridized carbons (Fsp3) is 0.172. The third kappa shape index (κ3) is 3.55. The lowest BCUT2D eigenvalue weighted by Crippen LogP contribution is -2.41. The summed E-state index contributed by atoms with van der Waals surface area (Å²) in [5.74, 6) is -0.823. The summed E-state index contributed by atoms with van der Waals surface area (Å²) in [7, 11) is 0. The van der Waals surface area contributed by atoms with Gasteiger partial charge in [-0.25, -0.2) is 4.79 Å². The molecule has 1 N–H and O–H groups in total. The van der Waals surface area contributed by atoms with E-state index in [4.69, 9.17) is 5.26 Å². The fourth-order valence-corrected chi connectivity index (χ4v) is 4.95. The van der Waals surface area contributed by atoms with E-state index in [2.05, 4.69) is 9.88 Å². The Morgan fingerprint density at radius 1 is 0.972 bits per heavy atom. The molecule has 0 aliphatic carbocycles. The zero-order chi connectivity index (χ0) is 25.4. The number of hydrogen-bond acceptors (Lipinski definition) is 4. The molecule has 2 heterocycles. The van der Waals surface area contributed by atoms with E-state index < -0.39 is 17.5 Å². The predicted molar refractivity (Wildman–Crippen MR) is 136 cm³/mol. The number of nitrogens with one attached hydrogen (secondary N) is 1. The highest BCUT2D eigenvalue weighted by atomic mass is 16.2. The summed E-state index contributed by atoms with van der Waals surface area (Å²) in [4.78, 5) is 41.2. The van der Waals surface area contributed by atoms with Crippen LogP contribution >= 0.6 is 0 Å². The molecule has 0 radical (unpaired) electrons.